The number of hydrogen-bond acceptors (Lipinski definition) is 4. The first-order chi connectivity index (χ1) is 31.4. The fourth-order valence-electron chi connectivity index (χ4n) is 8.58. The van der Waals surface area contributed by atoms with Crippen molar-refractivity contribution in [1.29, 1.82) is 0 Å². The van der Waals surface area contributed by atoms with Gasteiger partial charge in [0.15, 0.2) is 5.78 Å². The van der Waals surface area contributed by atoms with Gasteiger partial charge in [0.2, 0.25) is 0 Å². The van der Waals surface area contributed by atoms with Crippen molar-refractivity contribution in [3.8, 4) is 78.1 Å². The van der Waals surface area contributed by atoms with Gasteiger partial charge in [-0.05, 0) is 104 Å². The van der Waals surface area contributed by atoms with Crippen LogP contribution in [0.15, 0.2) is 211 Å². The summed E-state index contributed by atoms with van der Waals surface area (Å²) in [5.41, 5.74) is 17.6. The summed E-state index contributed by atoms with van der Waals surface area (Å²) >= 11 is 5.22. The summed E-state index contributed by atoms with van der Waals surface area (Å²) in [6.45, 7) is 1.78. The van der Waals surface area contributed by atoms with E-state index >= 15 is 0 Å². The summed E-state index contributed by atoms with van der Waals surface area (Å²) in [5, 5.41) is 2.23. The minimum Gasteiger partial charge on any atom is -0.784 e. The van der Waals surface area contributed by atoms with E-state index in [2.05, 4.69) is 170 Å². The van der Waals surface area contributed by atoms with Crippen LogP contribution in [0.4, 0.5) is 0 Å². The summed E-state index contributed by atoms with van der Waals surface area (Å²) in [4.78, 5) is 23.3. The molecular weight excluding hydrogens is 989 g/mol. The van der Waals surface area contributed by atoms with Crippen LogP contribution in [0.25, 0.3) is 100.0 Å². The Balaban J connectivity index is 0.00000533. The zero-order valence-corrected chi connectivity index (χ0v) is 38.8. The third kappa shape index (κ3) is 9.41. The smallest absolute Gasteiger partial charge is 0.784 e. The maximum Gasteiger partial charge on any atom is 3.00 e. The van der Waals surface area contributed by atoms with Crippen LogP contribution in [0.3, 0.4) is 0 Å². The van der Waals surface area contributed by atoms with E-state index in [9.17, 15) is 4.79 Å². The zero-order chi connectivity index (χ0) is 43.4. The van der Waals surface area contributed by atoms with Gasteiger partial charge in [-0.1, -0.05) is 163 Å². The Morgan fingerprint density at radius 1 is 0.492 bits per heavy atom. The molecule has 312 valence electrons. The molecule has 0 atom stereocenters. The van der Waals surface area contributed by atoms with E-state index in [1.54, 1.807) is 13.0 Å². The van der Waals surface area contributed by atoms with Crippen LogP contribution >= 0.6 is 0 Å². The number of aromatic nitrogens is 2. The standard InChI is InChI=1S/C60H42N2OS.Ir/c1-40(64)36-51(63)33-30-41-12-2-5-15-52(41)48-37-49(55-18-8-6-16-53(55)42-22-26-46(27-23-42)59-34-31-44-13-3-10-20-57(44)61-59)39-50(38-48)56-19-9-7-17-54(56)43-24-28-47(29-25-43)60-35-32-45-14-4-11-21-58(45)62-60;/h2-26,28,31-32,34-39,64H,30,33H2,1H3;/q-2;+3/p-1/b40-36-;. The Bertz CT molecular complexity index is 3190. The van der Waals surface area contributed by atoms with Gasteiger partial charge in [-0.2, -0.15) is 4.91 Å². The number of allylic oxidation sites excluding steroid dienone is 2. The number of rotatable bonds is 11. The van der Waals surface area contributed by atoms with Gasteiger partial charge in [0.1, 0.15) is 0 Å². The van der Waals surface area contributed by atoms with E-state index in [0.717, 1.165) is 106 Å². The summed E-state index contributed by atoms with van der Waals surface area (Å²) in [6, 6.07) is 77.0. The molecule has 0 N–H and O–H groups in total. The number of carbonyl (C=O) groups is 1. The maximum absolute atomic E-state index is 12.8. The molecule has 0 aliphatic carbocycles. The molecule has 0 bridgehead atoms. The second kappa shape index (κ2) is 19.3. The van der Waals surface area contributed by atoms with Gasteiger partial charge in [0, 0.05) is 6.42 Å². The van der Waals surface area contributed by atoms with Crippen molar-refractivity contribution in [3.63, 3.8) is 0 Å². The summed E-state index contributed by atoms with van der Waals surface area (Å²) in [5.74, 6) is 0.0398. The second-order valence-corrected chi connectivity index (χ2v) is 16.7. The van der Waals surface area contributed by atoms with Crippen molar-refractivity contribution in [2.24, 2.45) is 0 Å². The molecule has 5 heteroatoms. The number of fused-ring (bicyclic) bond motifs is 2. The average molecular weight is 1030 g/mol. The Hall–Kier alpha value is -7.14. The number of nitrogens with zero attached hydrogens (tertiary/aromatic N) is 2. The third-order valence-corrected chi connectivity index (χ3v) is 11.9. The molecule has 3 nitrogen and oxygen atoms in total. The second-order valence-electron chi connectivity index (χ2n) is 16.0. The molecule has 0 radical (unpaired) electrons. The van der Waals surface area contributed by atoms with Crippen molar-refractivity contribution in [1.82, 2.24) is 9.97 Å². The molecule has 0 saturated carbocycles. The molecule has 10 rings (SSSR count). The molecule has 65 heavy (non-hydrogen) atoms. The quantitative estimate of drug-likeness (QED) is 0.0736. The molecule has 0 fully saturated rings. The van der Waals surface area contributed by atoms with Crippen molar-refractivity contribution in [3.05, 3.63) is 229 Å². The fraction of sp³-hybridized carbons (Fsp3) is 0.0500. The minimum atomic E-state index is 0. The number of aryl methyl sites for hydroxylation is 1. The summed E-state index contributed by atoms with van der Waals surface area (Å²) in [6.07, 6.45) is 2.55. The monoisotopic (exact) mass is 1030 g/mol. The molecule has 0 aliphatic rings. The van der Waals surface area contributed by atoms with E-state index < -0.39 is 0 Å². The van der Waals surface area contributed by atoms with E-state index in [0.29, 0.717) is 17.7 Å². The van der Waals surface area contributed by atoms with E-state index in [1.165, 1.54) is 0 Å². The topological polar surface area (TPSA) is 42.9 Å². The van der Waals surface area contributed by atoms with E-state index in [1.807, 2.05) is 42.5 Å². The molecule has 10 aromatic rings. The van der Waals surface area contributed by atoms with Crippen LogP contribution < -0.4 is 0 Å². The van der Waals surface area contributed by atoms with E-state index in [4.69, 9.17) is 22.6 Å². The summed E-state index contributed by atoms with van der Waals surface area (Å²) < 4.78 is 0. The molecule has 2 aromatic heterocycles. The Labute approximate surface area is 399 Å². The SMILES string of the molecule is C/C([S-])=C/C(=O)CCc1ccccc1-c1cc(-c2ccccc2-c2c[c-]c(-c3ccc4ccccc4n3)cc2)cc(-c2ccccc2-c2c[c-]c(-c3ccc4ccccc4n3)cc2)c1.[Ir+3]. The number of ketones is 1. The first-order valence-corrected chi connectivity index (χ1v) is 21.9. The van der Waals surface area contributed by atoms with Crippen LogP contribution in [-0.2, 0) is 43.9 Å². The predicted octanol–water partition coefficient (Wildman–Crippen LogP) is 15.0. The molecule has 0 amide bonds. The normalized spacial score (nSPS) is 11.4. The first kappa shape index (κ1) is 43.1. The summed E-state index contributed by atoms with van der Waals surface area (Å²) in [7, 11) is 0. The van der Waals surface area contributed by atoms with Crippen molar-refractivity contribution < 1.29 is 24.9 Å². The number of benzene rings is 8. The van der Waals surface area contributed by atoms with Crippen LogP contribution in [-0.4, -0.2) is 15.8 Å². The fourth-order valence-corrected chi connectivity index (χ4v) is 8.71. The van der Waals surface area contributed by atoms with Gasteiger partial charge >= 0.3 is 20.1 Å². The molecule has 0 aliphatic heterocycles. The van der Waals surface area contributed by atoms with Crippen LogP contribution in [0.2, 0.25) is 0 Å². The molecular formula is C60H41IrN2OS. The molecule has 0 spiro atoms. The predicted molar refractivity (Wildman–Crippen MR) is 267 cm³/mol. The Kier molecular flexibility index (Phi) is 12.8. The van der Waals surface area contributed by atoms with Crippen LogP contribution in [0, 0.1) is 12.1 Å². The van der Waals surface area contributed by atoms with E-state index in [-0.39, 0.29) is 25.9 Å². The van der Waals surface area contributed by atoms with Crippen LogP contribution in [0.5, 0.6) is 0 Å². The van der Waals surface area contributed by atoms with Crippen molar-refractivity contribution in [2.45, 2.75) is 19.8 Å². The van der Waals surface area contributed by atoms with Gasteiger partial charge in [0.05, 0.1) is 11.0 Å². The van der Waals surface area contributed by atoms with Crippen LogP contribution in [0.1, 0.15) is 18.9 Å². The van der Waals surface area contributed by atoms with Crippen molar-refractivity contribution in [2.75, 3.05) is 0 Å². The molecule has 0 saturated heterocycles. The molecule has 0 unspecified atom stereocenters. The number of pyridine rings is 2. The Morgan fingerprint density at radius 2 is 0.908 bits per heavy atom. The van der Waals surface area contributed by atoms with Gasteiger partial charge in [-0.3, -0.25) is 14.8 Å². The van der Waals surface area contributed by atoms with Gasteiger partial charge < -0.3 is 12.6 Å². The van der Waals surface area contributed by atoms with Gasteiger partial charge in [-0.25, -0.2) is 0 Å². The minimum absolute atomic E-state index is 0. The molecule has 2 heterocycles. The first-order valence-electron chi connectivity index (χ1n) is 21.5. The third-order valence-electron chi connectivity index (χ3n) is 11.7. The Morgan fingerprint density at radius 3 is 1.37 bits per heavy atom. The van der Waals surface area contributed by atoms with Crippen molar-refractivity contribution >= 4 is 40.2 Å². The van der Waals surface area contributed by atoms with Gasteiger partial charge in [0.25, 0.3) is 0 Å². The zero-order valence-electron chi connectivity index (χ0n) is 35.6. The number of carbonyl (C=O) groups excluding carboxylic acids is 1. The molecule has 8 aromatic carbocycles. The maximum atomic E-state index is 12.8. The number of para-hydroxylation sites is 2. The largest absolute Gasteiger partial charge is 3.00 e. The number of hydrogen-bond donors (Lipinski definition) is 0. The van der Waals surface area contributed by atoms with Gasteiger partial charge in [-0.15, -0.1) is 59.7 Å². The average Bonchev–Trinajstić information content (AvgIpc) is 3.35.